The van der Waals surface area contributed by atoms with Crippen molar-refractivity contribution in [3.63, 3.8) is 0 Å². The zero-order valence-electron chi connectivity index (χ0n) is 12.7. The first kappa shape index (κ1) is 16.3. The Morgan fingerprint density at radius 2 is 1.83 bits per heavy atom. The maximum Gasteiger partial charge on any atom is 0.271 e. The number of hydrogen-bond acceptors (Lipinski definition) is 7. The van der Waals surface area contributed by atoms with Gasteiger partial charge in [0.05, 0.1) is 22.3 Å². The summed E-state index contributed by atoms with van der Waals surface area (Å²) < 4.78 is 36.2. The van der Waals surface area contributed by atoms with Crippen LogP contribution in [0.5, 0.6) is 0 Å². The molecule has 2 aromatic carbocycles. The van der Waals surface area contributed by atoms with Crippen molar-refractivity contribution in [1.29, 1.82) is 0 Å². The molecule has 3 rings (SSSR count). The Bertz CT molecular complexity index is 1060. The van der Waals surface area contributed by atoms with Gasteiger partial charge in [-0.2, -0.15) is 8.75 Å². The fourth-order valence-corrected chi connectivity index (χ4v) is 4.41. The fourth-order valence-electron chi connectivity index (χ4n) is 2.30. The van der Waals surface area contributed by atoms with Crippen LogP contribution in [-0.2, 0) is 10.0 Å². The van der Waals surface area contributed by atoms with E-state index in [1.165, 1.54) is 18.2 Å². The zero-order valence-corrected chi connectivity index (χ0v) is 14.3. The van der Waals surface area contributed by atoms with Gasteiger partial charge in [0.2, 0.25) is 0 Å². The number of nitrogens with one attached hydrogen (secondary N) is 1. The molecule has 3 aromatic rings. The summed E-state index contributed by atoms with van der Waals surface area (Å²) in [6, 6.07) is 7.36. The predicted molar refractivity (Wildman–Crippen MR) is 90.8 cm³/mol. The highest BCUT2D eigenvalue weighted by Crippen LogP contribution is 2.29. The number of sulfonamides is 1. The van der Waals surface area contributed by atoms with Crippen LogP contribution in [-0.4, -0.2) is 22.1 Å². The molecule has 124 valence electrons. The lowest BCUT2D eigenvalue weighted by Gasteiger charge is -2.12. The molecule has 0 spiro atoms. The minimum absolute atomic E-state index is 0.0275. The number of aryl methyl sites for hydroxylation is 2. The summed E-state index contributed by atoms with van der Waals surface area (Å²) in [5.74, 6) is 0. The topological polar surface area (TPSA) is 115 Å². The molecule has 24 heavy (non-hydrogen) atoms. The third-order valence-electron chi connectivity index (χ3n) is 3.52. The quantitative estimate of drug-likeness (QED) is 0.562. The van der Waals surface area contributed by atoms with Crippen molar-refractivity contribution in [3.8, 4) is 0 Å². The maximum atomic E-state index is 12.8. The summed E-state index contributed by atoms with van der Waals surface area (Å²) in [6.07, 6.45) is 0. The van der Waals surface area contributed by atoms with E-state index in [4.69, 9.17) is 0 Å². The SMILES string of the molecule is Cc1ccc([N+](=O)[O-])cc1NS(=O)(=O)c1c(C)ccc2nsnc12. The number of aromatic nitrogens is 2. The number of rotatable bonds is 4. The summed E-state index contributed by atoms with van der Waals surface area (Å²) in [5.41, 5.74) is 1.83. The Hall–Kier alpha value is -2.59. The molecule has 0 unspecified atom stereocenters. The van der Waals surface area contributed by atoms with Crippen LogP contribution in [0.25, 0.3) is 11.0 Å². The summed E-state index contributed by atoms with van der Waals surface area (Å²) in [4.78, 5) is 10.4. The van der Waals surface area contributed by atoms with Crippen LogP contribution in [0, 0.1) is 24.0 Å². The van der Waals surface area contributed by atoms with E-state index in [-0.39, 0.29) is 21.8 Å². The summed E-state index contributed by atoms with van der Waals surface area (Å²) in [7, 11) is -3.97. The number of nitro groups is 1. The second-order valence-electron chi connectivity index (χ2n) is 5.21. The van der Waals surface area contributed by atoms with Crippen molar-refractivity contribution < 1.29 is 13.3 Å². The molecule has 1 N–H and O–H groups in total. The van der Waals surface area contributed by atoms with Gasteiger partial charge in [0, 0.05) is 12.1 Å². The van der Waals surface area contributed by atoms with Crippen molar-refractivity contribution in [1.82, 2.24) is 8.75 Å². The number of fused-ring (bicyclic) bond motifs is 1. The van der Waals surface area contributed by atoms with Crippen LogP contribution in [0.4, 0.5) is 11.4 Å². The van der Waals surface area contributed by atoms with E-state index >= 15 is 0 Å². The van der Waals surface area contributed by atoms with E-state index in [0.29, 0.717) is 16.6 Å². The number of non-ortho nitro benzene ring substituents is 1. The Morgan fingerprint density at radius 3 is 2.54 bits per heavy atom. The summed E-state index contributed by atoms with van der Waals surface area (Å²) in [5, 5.41) is 10.9. The average molecular weight is 364 g/mol. The van der Waals surface area contributed by atoms with E-state index in [1.807, 2.05) is 0 Å². The van der Waals surface area contributed by atoms with Gasteiger partial charge in [-0.3, -0.25) is 14.8 Å². The molecule has 10 heteroatoms. The molecule has 0 aliphatic rings. The second kappa shape index (κ2) is 5.80. The number of nitrogens with zero attached hydrogens (tertiary/aromatic N) is 3. The van der Waals surface area contributed by atoms with Gasteiger partial charge in [0.1, 0.15) is 15.9 Å². The highest BCUT2D eigenvalue weighted by molar-refractivity contribution is 7.93. The molecule has 0 saturated heterocycles. The molecule has 0 bridgehead atoms. The van der Waals surface area contributed by atoms with Crippen molar-refractivity contribution in [3.05, 3.63) is 51.6 Å². The first-order valence-electron chi connectivity index (χ1n) is 6.79. The van der Waals surface area contributed by atoms with Crippen molar-refractivity contribution in [2.24, 2.45) is 0 Å². The molecule has 8 nitrogen and oxygen atoms in total. The van der Waals surface area contributed by atoms with Crippen LogP contribution in [0.1, 0.15) is 11.1 Å². The largest absolute Gasteiger partial charge is 0.279 e. The van der Waals surface area contributed by atoms with Gasteiger partial charge in [-0.25, -0.2) is 8.42 Å². The van der Waals surface area contributed by atoms with Crippen molar-refractivity contribution >= 4 is 44.2 Å². The first-order chi connectivity index (χ1) is 11.3. The van der Waals surface area contributed by atoms with Gasteiger partial charge in [-0.05, 0) is 31.0 Å². The Morgan fingerprint density at radius 1 is 1.12 bits per heavy atom. The number of benzene rings is 2. The predicted octanol–water partition coefficient (Wildman–Crippen LogP) is 3.02. The molecule has 0 aliphatic heterocycles. The molecule has 1 aromatic heterocycles. The molecule has 0 fully saturated rings. The van der Waals surface area contributed by atoms with Gasteiger partial charge < -0.3 is 0 Å². The van der Waals surface area contributed by atoms with Gasteiger partial charge in [-0.15, -0.1) is 0 Å². The minimum Gasteiger partial charge on any atom is -0.279 e. The zero-order chi connectivity index (χ0) is 17.5. The van der Waals surface area contributed by atoms with Crippen LogP contribution < -0.4 is 4.72 Å². The Balaban J connectivity index is 2.12. The lowest BCUT2D eigenvalue weighted by atomic mass is 10.2. The summed E-state index contributed by atoms with van der Waals surface area (Å²) >= 11 is 0.926. The molecule has 0 saturated carbocycles. The lowest BCUT2D eigenvalue weighted by molar-refractivity contribution is -0.384. The highest BCUT2D eigenvalue weighted by Gasteiger charge is 2.24. The molecule has 0 aliphatic carbocycles. The number of nitro benzene ring substituents is 1. The van der Waals surface area contributed by atoms with Gasteiger partial charge in [0.15, 0.2) is 0 Å². The fraction of sp³-hybridized carbons (Fsp3) is 0.143. The Kier molecular flexibility index (Phi) is 3.93. The van der Waals surface area contributed by atoms with E-state index in [0.717, 1.165) is 11.7 Å². The highest BCUT2D eigenvalue weighted by atomic mass is 32.2. The third-order valence-corrected chi connectivity index (χ3v) is 5.61. The first-order valence-corrected chi connectivity index (χ1v) is 9.00. The Labute approximate surface area is 141 Å². The molecular weight excluding hydrogens is 352 g/mol. The van der Waals surface area contributed by atoms with Gasteiger partial charge in [-0.1, -0.05) is 12.1 Å². The molecular formula is C14H12N4O4S2. The molecule has 0 atom stereocenters. The standard InChI is InChI=1S/C14H12N4O4S2/c1-8-3-5-10(18(19)20)7-12(8)17-24(21,22)14-9(2)4-6-11-13(14)16-23-15-11/h3-7,17H,1-2H3. The monoisotopic (exact) mass is 364 g/mol. The molecule has 0 amide bonds. The van der Waals surface area contributed by atoms with Crippen LogP contribution in [0.3, 0.4) is 0 Å². The van der Waals surface area contributed by atoms with E-state index in [9.17, 15) is 18.5 Å². The molecule has 1 heterocycles. The van der Waals surface area contributed by atoms with Crippen LogP contribution in [0.2, 0.25) is 0 Å². The van der Waals surface area contributed by atoms with Gasteiger partial charge >= 0.3 is 0 Å². The second-order valence-corrected chi connectivity index (χ2v) is 7.35. The van der Waals surface area contributed by atoms with Crippen LogP contribution in [0.15, 0.2) is 35.2 Å². The van der Waals surface area contributed by atoms with Crippen molar-refractivity contribution in [2.45, 2.75) is 18.7 Å². The summed E-state index contributed by atoms with van der Waals surface area (Å²) in [6.45, 7) is 3.33. The number of anilines is 1. The minimum atomic E-state index is -3.97. The smallest absolute Gasteiger partial charge is 0.271 e. The lowest BCUT2D eigenvalue weighted by Crippen LogP contribution is -2.15. The normalized spacial score (nSPS) is 11.6. The molecule has 0 radical (unpaired) electrons. The van der Waals surface area contributed by atoms with Crippen LogP contribution >= 0.6 is 11.7 Å². The van der Waals surface area contributed by atoms with E-state index in [1.54, 1.807) is 26.0 Å². The average Bonchev–Trinajstić information content (AvgIpc) is 2.96. The third kappa shape index (κ3) is 2.81. The number of hydrogen-bond donors (Lipinski definition) is 1. The van der Waals surface area contributed by atoms with E-state index in [2.05, 4.69) is 13.5 Å². The van der Waals surface area contributed by atoms with E-state index < -0.39 is 14.9 Å². The van der Waals surface area contributed by atoms with Gasteiger partial charge in [0.25, 0.3) is 15.7 Å². The maximum absolute atomic E-state index is 12.8. The van der Waals surface area contributed by atoms with Crippen molar-refractivity contribution in [2.75, 3.05) is 4.72 Å².